The Balaban J connectivity index is 1.18. The van der Waals surface area contributed by atoms with E-state index in [4.69, 9.17) is 9.47 Å². The second kappa shape index (κ2) is 11.9. The molecule has 0 spiro atoms. The molecule has 2 aromatic heterocycles. The van der Waals surface area contributed by atoms with E-state index in [0.717, 1.165) is 46.5 Å². The van der Waals surface area contributed by atoms with Crippen LogP contribution in [0.4, 0.5) is 15.3 Å². The van der Waals surface area contributed by atoms with Crippen LogP contribution in [0, 0.1) is 11.7 Å². The quantitative estimate of drug-likeness (QED) is 0.521. The second-order valence-corrected chi connectivity index (χ2v) is 10.1. The third kappa shape index (κ3) is 6.64. The first-order valence-electron chi connectivity index (χ1n) is 12.2. The fourth-order valence-electron chi connectivity index (χ4n) is 4.52. The van der Waals surface area contributed by atoms with Crippen LogP contribution in [0.3, 0.4) is 0 Å². The van der Waals surface area contributed by atoms with Gasteiger partial charge >= 0.3 is 0 Å². The molecule has 0 bridgehead atoms. The Morgan fingerprint density at radius 1 is 1.08 bits per heavy atom. The number of nitrogens with one attached hydrogen (secondary N) is 1. The summed E-state index contributed by atoms with van der Waals surface area (Å²) in [6, 6.07) is 10.4. The molecular weight excluding hydrogens is 481 g/mol. The first-order chi connectivity index (χ1) is 17.6. The van der Waals surface area contributed by atoms with Gasteiger partial charge in [-0.05, 0) is 47.7 Å². The van der Waals surface area contributed by atoms with E-state index in [2.05, 4.69) is 20.2 Å². The van der Waals surface area contributed by atoms with E-state index >= 15 is 0 Å². The SMILES string of the molecule is O=C(CN1CCOCC(Cc2ccnc(Nc3ncc(-c4ccc(F)cc4)s3)c2)C1)N1CCOCC1. The summed E-state index contributed by atoms with van der Waals surface area (Å²) in [6.07, 6.45) is 4.40. The molecule has 8 nitrogen and oxygen atoms in total. The number of pyridine rings is 1. The van der Waals surface area contributed by atoms with Crippen molar-refractivity contribution in [3.63, 3.8) is 0 Å². The summed E-state index contributed by atoms with van der Waals surface area (Å²) in [6.45, 7) is 5.87. The molecule has 2 aliphatic heterocycles. The third-order valence-electron chi connectivity index (χ3n) is 6.36. The lowest BCUT2D eigenvalue weighted by molar-refractivity contribution is -0.136. The molecule has 1 N–H and O–H groups in total. The number of nitrogens with zero attached hydrogens (tertiary/aromatic N) is 4. The van der Waals surface area contributed by atoms with E-state index in [1.807, 2.05) is 17.0 Å². The summed E-state index contributed by atoms with van der Waals surface area (Å²) >= 11 is 1.49. The Morgan fingerprint density at radius 3 is 2.72 bits per heavy atom. The van der Waals surface area contributed by atoms with Gasteiger partial charge in [0.15, 0.2) is 5.13 Å². The van der Waals surface area contributed by atoms with E-state index in [1.165, 1.54) is 23.5 Å². The van der Waals surface area contributed by atoms with Gasteiger partial charge < -0.3 is 19.7 Å². The highest BCUT2D eigenvalue weighted by atomic mass is 32.1. The van der Waals surface area contributed by atoms with Gasteiger partial charge in [-0.15, -0.1) is 0 Å². The van der Waals surface area contributed by atoms with E-state index in [0.29, 0.717) is 46.1 Å². The molecule has 5 rings (SSSR count). The average Bonchev–Trinajstić information content (AvgIpc) is 3.24. The minimum atomic E-state index is -0.256. The highest BCUT2D eigenvalue weighted by molar-refractivity contribution is 7.18. The van der Waals surface area contributed by atoms with Gasteiger partial charge in [-0.2, -0.15) is 0 Å². The molecule has 1 amide bonds. The molecule has 1 unspecified atom stereocenters. The van der Waals surface area contributed by atoms with E-state index in [-0.39, 0.29) is 17.6 Å². The Labute approximate surface area is 214 Å². The number of morpholine rings is 1. The molecule has 36 heavy (non-hydrogen) atoms. The van der Waals surface area contributed by atoms with Gasteiger partial charge in [0.2, 0.25) is 5.91 Å². The van der Waals surface area contributed by atoms with Gasteiger partial charge in [-0.1, -0.05) is 23.5 Å². The fraction of sp³-hybridized carbons (Fsp3) is 0.423. The number of aromatic nitrogens is 2. The molecule has 190 valence electrons. The number of hydrogen-bond acceptors (Lipinski definition) is 8. The lowest BCUT2D eigenvalue weighted by Gasteiger charge is -2.30. The maximum atomic E-state index is 13.2. The van der Waals surface area contributed by atoms with Gasteiger partial charge in [-0.25, -0.2) is 14.4 Å². The van der Waals surface area contributed by atoms with Crippen molar-refractivity contribution in [2.24, 2.45) is 5.92 Å². The Hall–Kier alpha value is -2.92. The van der Waals surface area contributed by atoms with Crippen molar-refractivity contribution in [1.29, 1.82) is 0 Å². The molecule has 0 radical (unpaired) electrons. The Bertz CT molecular complexity index is 1150. The standard InChI is InChI=1S/C26H30FN5O3S/c27-22-3-1-21(2-4-22)23-15-29-26(36-23)30-24-14-19(5-6-28-24)13-20-16-31(7-10-35-18-20)17-25(33)32-8-11-34-12-9-32/h1-6,14-15,20H,7-13,16-18H2,(H,28,29,30). The van der Waals surface area contributed by atoms with Crippen LogP contribution >= 0.6 is 11.3 Å². The number of benzene rings is 1. The van der Waals surface area contributed by atoms with Crippen LogP contribution in [0.1, 0.15) is 5.56 Å². The van der Waals surface area contributed by atoms with Crippen LogP contribution in [0.2, 0.25) is 0 Å². The lowest BCUT2D eigenvalue weighted by atomic mass is 10.00. The Kier molecular flexibility index (Phi) is 8.17. The second-order valence-electron chi connectivity index (χ2n) is 9.08. The average molecular weight is 512 g/mol. The topological polar surface area (TPSA) is 79.8 Å². The summed E-state index contributed by atoms with van der Waals surface area (Å²) in [5.74, 6) is 0.915. The van der Waals surface area contributed by atoms with Crippen molar-refractivity contribution in [2.45, 2.75) is 6.42 Å². The molecule has 2 aliphatic rings. The van der Waals surface area contributed by atoms with Gasteiger partial charge in [0, 0.05) is 38.6 Å². The summed E-state index contributed by atoms with van der Waals surface area (Å²) in [4.78, 5) is 26.7. The zero-order chi connectivity index (χ0) is 24.7. The highest BCUT2D eigenvalue weighted by Crippen LogP contribution is 2.30. The van der Waals surface area contributed by atoms with Gasteiger partial charge in [0.25, 0.3) is 0 Å². The van der Waals surface area contributed by atoms with E-state index in [1.54, 1.807) is 24.5 Å². The van der Waals surface area contributed by atoms with Gasteiger partial charge in [0.1, 0.15) is 11.6 Å². The number of hydrogen-bond donors (Lipinski definition) is 1. The van der Waals surface area contributed by atoms with Crippen molar-refractivity contribution in [3.05, 3.63) is 60.2 Å². The van der Waals surface area contributed by atoms with Crippen LogP contribution in [0.25, 0.3) is 10.4 Å². The van der Waals surface area contributed by atoms with Crippen LogP contribution in [-0.4, -0.2) is 84.8 Å². The number of rotatable bonds is 7. The minimum Gasteiger partial charge on any atom is -0.380 e. The molecule has 4 heterocycles. The maximum absolute atomic E-state index is 13.2. The van der Waals surface area contributed by atoms with Gasteiger partial charge in [-0.3, -0.25) is 9.69 Å². The molecule has 2 fully saturated rings. The number of thiazole rings is 1. The number of amides is 1. The normalized spacial score (nSPS) is 19.1. The number of carbonyl (C=O) groups is 1. The van der Waals surface area contributed by atoms with Crippen LogP contribution in [-0.2, 0) is 20.7 Å². The fourth-order valence-corrected chi connectivity index (χ4v) is 5.34. The number of ether oxygens (including phenoxy) is 2. The summed E-state index contributed by atoms with van der Waals surface area (Å²) < 4.78 is 24.4. The molecule has 0 saturated carbocycles. The molecular formula is C26H30FN5O3S. The summed E-state index contributed by atoms with van der Waals surface area (Å²) in [5, 5.41) is 4.01. The largest absolute Gasteiger partial charge is 0.380 e. The number of halogens is 1. The van der Waals surface area contributed by atoms with Crippen molar-refractivity contribution in [3.8, 4) is 10.4 Å². The van der Waals surface area contributed by atoms with Crippen molar-refractivity contribution in [2.75, 3.05) is 64.5 Å². The van der Waals surface area contributed by atoms with E-state index < -0.39 is 0 Å². The molecule has 1 aromatic carbocycles. The lowest BCUT2D eigenvalue weighted by Crippen LogP contribution is -2.46. The predicted octanol–water partition coefficient (Wildman–Crippen LogP) is 3.44. The molecule has 10 heteroatoms. The first kappa shape index (κ1) is 24.8. The number of carbonyl (C=O) groups excluding carboxylic acids is 1. The van der Waals surface area contributed by atoms with Gasteiger partial charge in [0.05, 0.1) is 37.8 Å². The van der Waals surface area contributed by atoms with E-state index in [9.17, 15) is 9.18 Å². The van der Waals surface area contributed by atoms with Crippen LogP contribution in [0.15, 0.2) is 48.8 Å². The number of anilines is 2. The maximum Gasteiger partial charge on any atom is 0.236 e. The molecule has 0 aliphatic carbocycles. The zero-order valence-electron chi connectivity index (χ0n) is 20.1. The smallest absolute Gasteiger partial charge is 0.236 e. The highest BCUT2D eigenvalue weighted by Gasteiger charge is 2.24. The first-order valence-corrected chi connectivity index (χ1v) is 13.0. The van der Waals surface area contributed by atoms with Crippen molar-refractivity contribution >= 4 is 28.2 Å². The summed E-state index contributed by atoms with van der Waals surface area (Å²) in [7, 11) is 0. The molecule has 1 atom stereocenters. The van der Waals surface area contributed by atoms with Crippen molar-refractivity contribution < 1.29 is 18.7 Å². The monoisotopic (exact) mass is 511 g/mol. The Morgan fingerprint density at radius 2 is 1.89 bits per heavy atom. The van der Waals surface area contributed by atoms with Crippen LogP contribution in [0.5, 0.6) is 0 Å². The molecule has 3 aromatic rings. The predicted molar refractivity (Wildman–Crippen MR) is 137 cm³/mol. The van der Waals surface area contributed by atoms with Crippen molar-refractivity contribution in [1.82, 2.24) is 19.8 Å². The molecule has 2 saturated heterocycles. The van der Waals surface area contributed by atoms with Crippen LogP contribution < -0.4 is 5.32 Å². The zero-order valence-corrected chi connectivity index (χ0v) is 20.9. The third-order valence-corrected chi connectivity index (χ3v) is 7.32. The summed E-state index contributed by atoms with van der Waals surface area (Å²) in [5.41, 5.74) is 2.08. The minimum absolute atomic E-state index is 0.165.